The van der Waals surface area contributed by atoms with Crippen molar-refractivity contribution in [2.24, 2.45) is 0 Å². The molecule has 14 heavy (non-hydrogen) atoms. The van der Waals surface area contributed by atoms with E-state index in [1.807, 2.05) is 0 Å². The van der Waals surface area contributed by atoms with Crippen LogP contribution in [0.5, 0.6) is 0 Å². The van der Waals surface area contributed by atoms with E-state index in [4.69, 9.17) is 10.2 Å². The minimum Gasteiger partial charge on any atom is -0.480 e. The van der Waals surface area contributed by atoms with Gasteiger partial charge in [0.2, 0.25) is 0 Å². The van der Waals surface area contributed by atoms with Crippen LogP contribution in [-0.4, -0.2) is 26.9 Å². The summed E-state index contributed by atoms with van der Waals surface area (Å²) in [6.45, 7) is 1.62. The Hall–Kier alpha value is -1.23. The highest BCUT2D eigenvalue weighted by Crippen LogP contribution is 2.35. The lowest BCUT2D eigenvalue weighted by atomic mass is 9.87. The van der Waals surface area contributed by atoms with Gasteiger partial charge < -0.3 is 10.2 Å². The molecule has 2 N–H and O–H groups in total. The standard InChI is InChI=1S/C9H10O4S/c1-5-2-3-6(7(10)11)4-9(5,14)8(12)13/h2-3,14H,4H2,1H3,(H,10,11)(H,12,13). The average Bonchev–Trinajstić information content (AvgIpc) is 2.09. The summed E-state index contributed by atoms with van der Waals surface area (Å²) in [5.74, 6) is -2.23. The average molecular weight is 214 g/mol. The first kappa shape index (κ1) is 10.8. The fourth-order valence-electron chi connectivity index (χ4n) is 1.23. The molecule has 4 nitrogen and oxygen atoms in total. The summed E-state index contributed by atoms with van der Waals surface area (Å²) in [7, 11) is 0. The summed E-state index contributed by atoms with van der Waals surface area (Å²) in [5.41, 5.74) is 0.603. The Labute approximate surface area is 86.3 Å². The highest BCUT2D eigenvalue weighted by Gasteiger charge is 2.40. The highest BCUT2D eigenvalue weighted by atomic mass is 32.1. The van der Waals surface area contributed by atoms with Crippen LogP contribution in [0.4, 0.5) is 0 Å². The fraction of sp³-hybridized carbons (Fsp3) is 0.333. The van der Waals surface area contributed by atoms with E-state index < -0.39 is 16.7 Å². The van der Waals surface area contributed by atoms with E-state index in [1.54, 1.807) is 6.92 Å². The van der Waals surface area contributed by atoms with E-state index in [2.05, 4.69) is 12.6 Å². The minimum absolute atomic E-state index is 0.0630. The van der Waals surface area contributed by atoms with Crippen LogP contribution in [0.3, 0.4) is 0 Å². The number of thiol groups is 1. The van der Waals surface area contributed by atoms with Gasteiger partial charge in [0, 0.05) is 12.0 Å². The molecular formula is C9H10O4S. The van der Waals surface area contributed by atoms with Gasteiger partial charge in [0.15, 0.2) is 0 Å². The maximum Gasteiger partial charge on any atom is 0.331 e. The lowest BCUT2D eigenvalue weighted by Gasteiger charge is -2.27. The summed E-state index contributed by atoms with van der Waals surface area (Å²) < 4.78 is -1.39. The van der Waals surface area contributed by atoms with Gasteiger partial charge in [0.25, 0.3) is 0 Å². The molecule has 1 unspecified atom stereocenters. The maximum absolute atomic E-state index is 10.9. The molecule has 0 saturated heterocycles. The second kappa shape index (κ2) is 3.49. The van der Waals surface area contributed by atoms with Crippen molar-refractivity contribution < 1.29 is 19.8 Å². The Bertz CT molecular complexity index is 356. The summed E-state index contributed by atoms with van der Waals surface area (Å²) >= 11 is 4.02. The zero-order valence-corrected chi connectivity index (χ0v) is 8.41. The van der Waals surface area contributed by atoms with Crippen molar-refractivity contribution in [2.75, 3.05) is 0 Å². The first-order chi connectivity index (χ1) is 6.38. The molecule has 0 heterocycles. The topological polar surface area (TPSA) is 74.6 Å². The van der Waals surface area contributed by atoms with Gasteiger partial charge in [-0.2, -0.15) is 12.6 Å². The first-order valence-corrected chi connectivity index (χ1v) is 4.39. The largest absolute Gasteiger partial charge is 0.480 e. The van der Waals surface area contributed by atoms with E-state index >= 15 is 0 Å². The van der Waals surface area contributed by atoms with E-state index in [-0.39, 0.29) is 12.0 Å². The second-order valence-electron chi connectivity index (χ2n) is 3.19. The Morgan fingerprint density at radius 2 is 2.00 bits per heavy atom. The Morgan fingerprint density at radius 1 is 1.43 bits per heavy atom. The quantitative estimate of drug-likeness (QED) is 0.602. The Kier molecular flexibility index (Phi) is 2.71. The Morgan fingerprint density at radius 3 is 2.43 bits per heavy atom. The van der Waals surface area contributed by atoms with E-state index in [1.165, 1.54) is 12.2 Å². The van der Waals surface area contributed by atoms with Gasteiger partial charge in [-0.05, 0) is 12.5 Å². The third kappa shape index (κ3) is 1.68. The molecule has 5 heteroatoms. The van der Waals surface area contributed by atoms with Crippen LogP contribution in [0.25, 0.3) is 0 Å². The second-order valence-corrected chi connectivity index (χ2v) is 3.95. The molecule has 0 radical (unpaired) electrons. The first-order valence-electron chi connectivity index (χ1n) is 3.95. The van der Waals surface area contributed by atoms with Crippen LogP contribution < -0.4 is 0 Å². The third-order valence-electron chi connectivity index (χ3n) is 2.26. The summed E-state index contributed by atoms with van der Waals surface area (Å²) in [6.07, 6.45) is 2.80. The molecular weight excluding hydrogens is 204 g/mol. The zero-order chi connectivity index (χ0) is 10.9. The number of carbonyl (C=O) groups is 2. The number of carboxylic acids is 2. The smallest absolute Gasteiger partial charge is 0.331 e. The molecule has 0 saturated carbocycles. The molecule has 0 amide bonds. The van der Waals surface area contributed by atoms with Crippen molar-refractivity contribution in [3.05, 3.63) is 23.3 Å². The zero-order valence-electron chi connectivity index (χ0n) is 7.52. The van der Waals surface area contributed by atoms with Crippen molar-refractivity contribution in [3.63, 3.8) is 0 Å². The molecule has 0 aromatic heterocycles. The number of rotatable bonds is 2. The molecule has 0 bridgehead atoms. The number of aliphatic carboxylic acids is 2. The summed E-state index contributed by atoms with van der Waals surface area (Å²) in [4.78, 5) is 21.6. The molecule has 1 atom stereocenters. The molecule has 0 aromatic rings. The van der Waals surface area contributed by atoms with Crippen molar-refractivity contribution in [1.82, 2.24) is 0 Å². The Balaban J connectivity index is 3.09. The van der Waals surface area contributed by atoms with Gasteiger partial charge in [0.05, 0.1) is 0 Å². The van der Waals surface area contributed by atoms with Crippen LogP contribution in [0.15, 0.2) is 23.3 Å². The number of carboxylic acid groups (broad SMARTS) is 2. The van der Waals surface area contributed by atoms with Gasteiger partial charge >= 0.3 is 11.9 Å². The summed E-state index contributed by atoms with van der Waals surface area (Å²) in [5, 5.41) is 17.6. The van der Waals surface area contributed by atoms with Gasteiger partial charge in [-0.15, -0.1) is 0 Å². The number of allylic oxidation sites excluding steroid dienone is 2. The molecule has 1 aliphatic carbocycles. The predicted octanol–water partition coefficient (Wildman–Crippen LogP) is 1.10. The van der Waals surface area contributed by atoms with Crippen LogP contribution in [-0.2, 0) is 9.59 Å². The van der Waals surface area contributed by atoms with E-state index in [0.717, 1.165) is 0 Å². The van der Waals surface area contributed by atoms with Crippen LogP contribution in [0.2, 0.25) is 0 Å². The number of hydrogen-bond acceptors (Lipinski definition) is 3. The molecule has 76 valence electrons. The van der Waals surface area contributed by atoms with Gasteiger partial charge in [-0.1, -0.05) is 12.2 Å². The lowest BCUT2D eigenvalue weighted by Crippen LogP contribution is -2.36. The van der Waals surface area contributed by atoms with Crippen molar-refractivity contribution in [3.8, 4) is 0 Å². The normalized spacial score (nSPS) is 26.4. The summed E-state index contributed by atoms with van der Waals surface area (Å²) in [6, 6.07) is 0. The molecule has 1 rings (SSSR count). The van der Waals surface area contributed by atoms with E-state index in [9.17, 15) is 9.59 Å². The third-order valence-corrected chi connectivity index (χ3v) is 2.96. The van der Waals surface area contributed by atoms with Crippen molar-refractivity contribution in [2.45, 2.75) is 18.1 Å². The monoisotopic (exact) mass is 214 g/mol. The van der Waals surface area contributed by atoms with E-state index in [0.29, 0.717) is 5.57 Å². The molecule has 0 spiro atoms. The molecule has 1 aliphatic rings. The van der Waals surface area contributed by atoms with Gasteiger partial charge in [-0.3, -0.25) is 4.79 Å². The van der Waals surface area contributed by atoms with Crippen molar-refractivity contribution >= 4 is 24.6 Å². The van der Waals surface area contributed by atoms with Crippen LogP contribution in [0.1, 0.15) is 13.3 Å². The molecule has 0 fully saturated rings. The lowest BCUT2D eigenvalue weighted by molar-refractivity contribution is -0.138. The van der Waals surface area contributed by atoms with Crippen molar-refractivity contribution in [1.29, 1.82) is 0 Å². The van der Waals surface area contributed by atoms with Crippen LogP contribution >= 0.6 is 12.6 Å². The maximum atomic E-state index is 10.9. The van der Waals surface area contributed by atoms with Gasteiger partial charge in [0.1, 0.15) is 4.75 Å². The van der Waals surface area contributed by atoms with Crippen LogP contribution in [0, 0.1) is 0 Å². The fourth-order valence-corrected chi connectivity index (χ4v) is 1.47. The highest BCUT2D eigenvalue weighted by molar-refractivity contribution is 7.83. The van der Waals surface area contributed by atoms with Gasteiger partial charge in [-0.25, -0.2) is 4.79 Å². The number of hydrogen-bond donors (Lipinski definition) is 3. The minimum atomic E-state index is -1.39. The SMILES string of the molecule is CC1=CC=C(C(=O)O)CC1(S)C(=O)O. The predicted molar refractivity (Wildman–Crippen MR) is 53.4 cm³/mol. The molecule has 0 aromatic carbocycles. The molecule has 0 aliphatic heterocycles.